The molecule has 134 valence electrons. The van der Waals surface area contributed by atoms with Gasteiger partial charge in [0, 0.05) is 0 Å². The number of aliphatic imine (C=N–C) groups is 1. The molecule has 0 aliphatic heterocycles. The van der Waals surface area contributed by atoms with Gasteiger partial charge in [0.2, 0.25) is 0 Å². The second-order valence-electron chi connectivity index (χ2n) is 7.69. The molecule has 0 spiro atoms. The van der Waals surface area contributed by atoms with E-state index in [-0.39, 0.29) is 5.91 Å². The number of nitrogens with zero attached hydrogens (tertiary/aromatic N) is 1. The standard InChI is InChI=1S/C24H27NO/c1-25-24(26)23-20-15-9-8-14-19(20)16-21(17-10-4-2-5-11-17)22(23)18-12-6-3-7-13-18/h8-9,14-16H,1-7,10-13H2. The van der Waals surface area contributed by atoms with Crippen LogP contribution in [0.25, 0.3) is 21.9 Å². The molecule has 26 heavy (non-hydrogen) atoms. The van der Waals surface area contributed by atoms with Gasteiger partial charge in [-0.25, -0.2) is 4.99 Å². The zero-order valence-electron chi connectivity index (χ0n) is 15.5. The van der Waals surface area contributed by atoms with Gasteiger partial charge >= 0.3 is 0 Å². The van der Waals surface area contributed by atoms with Crippen LogP contribution in [0, 0.1) is 0 Å². The van der Waals surface area contributed by atoms with Gasteiger partial charge in [0.15, 0.2) is 0 Å². The van der Waals surface area contributed by atoms with E-state index in [1.165, 1.54) is 60.1 Å². The average molecular weight is 345 g/mol. The second-order valence-corrected chi connectivity index (χ2v) is 7.69. The van der Waals surface area contributed by atoms with E-state index >= 15 is 0 Å². The third-order valence-corrected chi connectivity index (χ3v) is 6.06. The maximum atomic E-state index is 12.9. The van der Waals surface area contributed by atoms with E-state index in [1.807, 2.05) is 6.07 Å². The topological polar surface area (TPSA) is 29.4 Å². The fourth-order valence-corrected chi connectivity index (χ4v) is 4.77. The Morgan fingerprint density at radius 2 is 1.46 bits per heavy atom. The minimum absolute atomic E-state index is 0.174. The zero-order chi connectivity index (χ0) is 17.9. The molecule has 1 amide bonds. The maximum absolute atomic E-state index is 12.9. The highest BCUT2D eigenvalue weighted by molar-refractivity contribution is 6.09. The smallest absolute Gasteiger partial charge is 0.267 e. The number of hydrogen-bond donors (Lipinski definition) is 0. The number of rotatable bonds is 1. The molecule has 2 saturated carbocycles. The first-order valence-corrected chi connectivity index (χ1v) is 10.1. The molecule has 0 heterocycles. The molecule has 0 N–H and O–H groups in total. The molecule has 2 aliphatic carbocycles. The Hall–Kier alpha value is -2.22. The van der Waals surface area contributed by atoms with E-state index in [0.29, 0.717) is 0 Å². The van der Waals surface area contributed by atoms with Crippen LogP contribution in [0.15, 0.2) is 35.3 Å². The van der Waals surface area contributed by atoms with Gasteiger partial charge in [0.25, 0.3) is 5.91 Å². The summed E-state index contributed by atoms with van der Waals surface area (Å²) in [6.07, 6.45) is 12.1. The Kier molecular flexibility index (Phi) is 5.01. The van der Waals surface area contributed by atoms with Gasteiger partial charge in [0.1, 0.15) is 0 Å². The van der Waals surface area contributed by atoms with Crippen molar-refractivity contribution in [2.45, 2.75) is 64.2 Å². The van der Waals surface area contributed by atoms with Crippen molar-refractivity contribution in [3.63, 3.8) is 0 Å². The molecular formula is C24H27NO. The molecule has 2 nitrogen and oxygen atoms in total. The Balaban J connectivity index is 2.19. The molecule has 2 heteroatoms. The fourth-order valence-electron chi connectivity index (χ4n) is 4.77. The van der Waals surface area contributed by atoms with E-state index in [1.54, 1.807) is 0 Å². The lowest BCUT2D eigenvalue weighted by Crippen LogP contribution is -2.36. The first kappa shape index (κ1) is 17.2. The predicted molar refractivity (Wildman–Crippen MR) is 110 cm³/mol. The molecule has 4 rings (SSSR count). The maximum Gasteiger partial charge on any atom is 0.277 e. The van der Waals surface area contributed by atoms with Crippen LogP contribution in [-0.2, 0) is 0 Å². The van der Waals surface area contributed by atoms with Crippen LogP contribution in [0.2, 0.25) is 0 Å². The third kappa shape index (κ3) is 3.13. The molecule has 0 atom stereocenters. The summed E-state index contributed by atoms with van der Waals surface area (Å²) in [5, 5.41) is 4.70. The second kappa shape index (κ2) is 7.57. The van der Waals surface area contributed by atoms with Gasteiger partial charge in [-0.15, -0.1) is 0 Å². The van der Waals surface area contributed by atoms with Crippen molar-refractivity contribution in [2.24, 2.45) is 4.99 Å². The van der Waals surface area contributed by atoms with Crippen molar-refractivity contribution >= 4 is 34.5 Å². The van der Waals surface area contributed by atoms with Crippen molar-refractivity contribution in [1.82, 2.24) is 0 Å². The van der Waals surface area contributed by atoms with Gasteiger partial charge in [-0.3, -0.25) is 4.79 Å². The van der Waals surface area contributed by atoms with Crippen LogP contribution in [0.5, 0.6) is 0 Å². The van der Waals surface area contributed by atoms with Crippen molar-refractivity contribution in [3.8, 4) is 0 Å². The van der Waals surface area contributed by atoms with Gasteiger partial charge in [0.05, 0.1) is 5.56 Å². The lowest BCUT2D eigenvalue weighted by molar-refractivity contribution is 0.100. The number of amides is 1. The zero-order valence-corrected chi connectivity index (χ0v) is 15.5. The van der Waals surface area contributed by atoms with Gasteiger partial charge in [-0.05, 0) is 85.4 Å². The first-order chi connectivity index (χ1) is 12.8. The minimum atomic E-state index is -0.174. The highest BCUT2D eigenvalue weighted by Crippen LogP contribution is 2.26. The summed E-state index contributed by atoms with van der Waals surface area (Å²) in [7, 11) is 0. The number of hydrogen-bond acceptors (Lipinski definition) is 1. The van der Waals surface area contributed by atoms with Gasteiger partial charge < -0.3 is 0 Å². The van der Waals surface area contributed by atoms with E-state index < -0.39 is 0 Å². The quantitative estimate of drug-likeness (QED) is 0.675. The molecule has 0 bridgehead atoms. The minimum Gasteiger partial charge on any atom is -0.267 e. The highest BCUT2D eigenvalue weighted by atomic mass is 16.1. The largest absolute Gasteiger partial charge is 0.277 e. The van der Waals surface area contributed by atoms with Crippen LogP contribution in [0.3, 0.4) is 0 Å². The first-order valence-electron chi connectivity index (χ1n) is 10.1. The van der Waals surface area contributed by atoms with Crippen LogP contribution < -0.4 is 10.4 Å². The van der Waals surface area contributed by atoms with Crippen LogP contribution in [0.1, 0.15) is 74.6 Å². The van der Waals surface area contributed by atoms with Crippen molar-refractivity contribution in [3.05, 3.63) is 46.3 Å². The van der Waals surface area contributed by atoms with E-state index in [0.717, 1.165) is 42.0 Å². The van der Waals surface area contributed by atoms with Crippen molar-refractivity contribution in [2.75, 3.05) is 0 Å². The summed E-state index contributed by atoms with van der Waals surface area (Å²) < 4.78 is 0. The van der Waals surface area contributed by atoms with E-state index in [9.17, 15) is 4.79 Å². The summed E-state index contributed by atoms with van der Waals surface area (Å²) in [5.74, 6) is -0.174. The summed E-state index contributed by atoms with van der Waals surface area (Å²) in [4.78, 5) is 16.7. The lowest BCUT2D eigenvalue weighted by Gasteiger charge is -2.19. The molecule has 0 unspecified atom stereocenters. The average Bonchev–Trinajstić information content (AvgIpc) is 2.73. The number of carbonyl (C=O) groups is 1. The number of benzene rings is 2. The Morgan fingerprint density at radius 3 is 2.12 bits per heavy atom. The summed E-state index contributed by atoms with van der Waals surface area (Å²) in [6.45, 7) is 3.56. The van der Waals surface area contributed by atoms with Crippen LogP contribution in [-0.4, -0.2) is 12.6 Å². The fraction of sp³-hybridized carbons (Fsp3) is 0.417. The predicted octanol–water partition coefficient (Wildman–Crippen LogP) is 4.91. The van der Waals surface area contributed by atoms with Crippen molar-refractivity contribution in [1.29, 1.82) is 0 Å². The number of fused-ring (bicyclic) bond motifs is 1. The van der Waals surface area contributed by atoms with Gasteiger partial charge in [-0.2, -0.15) is 0 Å². The molecule has 0 saturated heterocycles. The van der Waals surface area contributed by atoms with Crippen LogP contribution >= 0.6 is 0 Å². The Morgan fingerprint density at radius 1 is 0.846 bits per heavy atom. The molecule has 0 radical (unpaired) electrons. The molecular weight excluding hydrogens is 318 g/mol. The van der Waals surface area contributed by atoms with Crippen molar-refractivity contribution < 1.29 is 4.79 Å². The molecule has 2 fully saturated rings. The molecule has 2 aromatic carbocycles. The SMILES string of the molecule is C=NC(=O)c1c(=C2CCCCC2)c(=C2CCCCC2)cc2ccccc12. The Bertz CT molecular complexity index is 967. The normalized spacial score (nSPS) is 18.2. The van der Waals surface area contributed by atoms with Crippen LogP contribution in [0.4, 0.5) is 0 Å². The van der Waals surface area contributed by atoms with E-state index in [4.69, 9.17) is 0 Å². The van der Waals surface area contributed by atoms with Gasteiger partial charge in [-0.1, -0.05) is 48.3 Å². The summed E-state index contributed by atoms with van der Waals surface area (Å²) in [6, 6.07) is 10.6. The summed E-state index contributed by atoms with van der Waals surface area (Å²) >= 11 is 0. The highest BCUT2D eigenvalue weighted by Gasteiger charge is 2.18. The Labute approximate surface area is 155 Å². The molecule has 2 aromatic rings. The number of carbonyl (C=O) groups excluding carboxylic acids is 1. The lowest BCUT2D eigenvalue weighted by atomic mass is 9.85. The molecule has 2 aliphatic rings. The third-order valence-electron chi connectivity index (χ3n) is 6.06. The monoisotopic (exact) mass is 345 g/mol. The van der Waals surface area contributed by atoms with E-state index in [2.05, 4.69) is 36.0 Å². The summed E-state index contributed by atoms with van der Waals surface area (Å²) in [5.41, 5.74) is 3.79. The molecule has 0 aromatic heterocycles.